The zero-order chi connectivity index (χ0) is 21.0. The first-order chi connectivity index (χ1) is 13.9. The fourth-order valence-electron chi connectivity index (χ4n) is 3.00. The van der Waals surface area contributed by atoms with Gasteiger partial charge in [0, 0.05) is 35.1 Å². The Bertz CT molecular complexity index is 954. The lowest BCUT2D eigenvalue weighted by Crippen LogP contribution is -2.30. The molecule has 1 aromatic heterocycles. The number of nitrogens with one attached hydrogen (secondary N) is 1. The van der Waals surface area contributed by atoms with E-state index in [2.05, 4.69) is 45.7 Å². The highest BCUT2D eigenvalue weighted by molar-refractivity contribution is 6.04. The summed E-state index contributed by atoms with van der Waals surface area (Å²) in [7, 11) is 0. The molecular weight excluding hydrogens is 378 g/mol. The van der Waals surface area contributed by atoms with Crippen LogP contribution in [0.4, 0.5) is 20.2 Å². The molecule has 0 bridgehead atoms. The van der Waals surface area contributed by atoms with Crippen LogP contribution >= 0.6 is 0 Å². The summed E-state index contributed by atoms with van der Waals surface area (Å²) in [6, 6.07) is 14.4. The molecule has 6 nitrogen and oxygen atoms in total. The van der Waals surface area contributed by atoms with Gasteiger partial charge in [-0.2, -0.15) is 13.8 Å². The summed E-state index contributed by atoms with van der Waals surface area (Å²) in [4.78, 5) is 18.4. The monoisotopic (exact) mass is 400 g/mol. The largest absolute Gasteiger partial charge is 0.369 e. The number of anilines is 2. The van der Waals surface area contributed by atoms with Crippen LogP contribution in [0.2, 0.25) is 0 Å². The molecule has 0 aliphatic rings. The Labute approximate surface area is 167 Å². The first-order valence-corrected chi connectivity index (χ1v) is 9.29. The van der Waals surface area contributed by atoms with E-state index in [4.69, 9.17) is 0 Å². The zero-order valence-corrected chi connectivity index (χ0v) is 16.4. The minimum atomic E-state index is -2.82. The van der Waals surface area contributed by atoms with Crippen molar-refractivity contribution in [3.63, 3.8) is 0 Å². The third kappa shape index (κ3) is 4.77. The van der Waals surface area contributed by atoms with Crippen LogP contribution in [0.15, 0.2) is 53.1 Å². The second-order valence-corrected chi connectivity index (χ2v) is 6.72. The van der Waals surface area contributed by atoms with Crippen molar-refractivity contribution in [1.82, 2.24) is 10.1 Å². The van der Waals surface area contributed by atoms with Gasteiger partial charge in [-0.3, -0.25) is 4.79 Å². The highest BCUT2D eigenvalue weighted by atomic mass is 19.3. The van der Waals surface area contributed by atoms with Crippen molar-refractivity contribution in [3.8, 4) is 11.4 Å². The molecule has 0 aliphatic carbocycles. The molecule has 2 aromatic carbocycles. The van der Waals surface area contributed by atoms with Crippen molar-refractivity contribution >= 4 is 17.3 Å². The van der Waals surface area contributed by atoms with Gasteiger partial charge in [0.05, 0.1) is 0 Å². The minimum Gasteiger partial charge on any atom is -0.369 e. The normalized spacial score (nSPS) is 11.1. The summed E-state index contributed by atoms with van der Waals surface area (Å²) in [5.41, 5.74) is 2.68. The van der Waals surface area contributed by atoms with E-state index in [-0.39, 0.29) is 11.7 Å². The standard InChI is InChI=1S/C21H22F2N4O2/c1-4-27(13(2)3)17-11-9-16(10-12-17)24-20(28)15-7-5-14(6-8-15)19-25-21(18(22)23)29-26-19/h5-13,18H,4H2,1-3H3,(H,24,28). The van der Waals surface area contributed by atoms with E-state index in [9.17, 15) is 13.6 Å². The van der Waals surface area contributed by atoms with E-state index in [1.165, 1.54) is 0 Å². The number of amides is 1. The maximum atomic E-state index is 12.5. The molecule has 152 valence electrons. The van der Waals surface area contributed by atoms with Crippen LogP contribution in [0.3, 0.4) is 0 Å². The number of hydrogen-bond acceptors (Lipinski definition) is 5. The Morgan fingerprint density at radius 3 is 2.28 bits per heavy atom. The summed E-state index contributed by atoms with van der Waals surface area (Å²) < 4.78 is 29.6. The van der Waals surface area contributed by atoms with Crippen molar-refractivity contribution < 1.29 is 18.1 Å². The van der Waals surface area contributed by atoms with Crippen LogP contribution in [0.1, 0.15) is 43.4 Å². The molecule has 3 rings (SSSR count). The van der Waals surface area contributed by atoms with Crippen LogP contribution in [0.25, 0.3) is 11.4 Å². The number of carbonyl (C=O) groups excluding carboxylic acids is 1. The Hall–Kier alpha value is -3.29. The van der Waals surface area contributed by atoms with Crippen LogP contribution < -0.4 is 10.2 Å². The lowest BCUT2D eigenvalue weighted by molar-refractivity contribution is 0.102. The third-order valence-electron chi connectivity index (χ3n) is 4.45. The SMILES string of the molecule is CCN(c1ccc(NC(=O)c2ccc(-c3noc(C(F)F)n3)cc2)cc1)C(C)C. The molecule has 0 spiro atoms. The smallest absolute Gasteiger partial charge is 0.315 e. The van der Waals surface area contributed by atoms with Crippen LogP contribution in [-0.2, 0) is 0 Å². The third-order valence-corrected chi connectivity index (χ3v) is 4.45. The Morgan fingerprint density at radius 2 is 1.76 bits per heavy atom. The van der Waals surface area contributed by atoms with Gasteiger partial charge in [-0.15, -0.1) is 0 Å². The highest BCUT2D eigenvalue weighted by Gasteiger charge is 2.17. The second kappa shape index (κ2) is 8.81. The van der Waals surface area contributed by atoms with Gasteiger partial charge in [-0.05, 0) is 57.2 Å². The van der Waals surface area contributed by atoms with Gasteiger partial charge >= 0.3 is 6.43 Å². The topological polar surface area (TPSA) is 71.3 Å². The average Bonchev–Trinajstić information content (AvgIpc) is 3.20. The van der Waals surface area contributed by atoms with E-state index in [1.54, 1.807) is 24.3 Å². The van der Waals surface area contributed by atoms with Gasteiger partial charge in [0.15, 0.2) is 0 Å². The summed E-state index contributed by atoms with van der Waals surface area (Å²) >= 11 is 0. The predicted octanol–water partition coefficient (Wildman–Crippen LogP) is 5.16. The maximum absolute atomic E-state index is 12.5. The van der Waals surface area contributed by atoms with Gasteiger partial charge in [0.2, 0.25) is 5.82 Å². The predicted molar refractivity (Wildman–Crippen MR) is 107 cm³/mol. The molecule has 3 aromatic rings. The Balaban J connectivity index is 1.67. The van der Waals surface area contributed by atoms with Gasteiger partial charge in [0.1, 0.15) is 0 Å². The number of halogens is 2. The molecule has 0 saturated carbocycles. The number of hydrogen-bond donors (Lipinski definition) is 1. The molecule has 1 N–H and O–H groups in total. The highest BCUT2D eigenvalue weighted by Crippen LogP contribution is 2.23. The molecule has 0 atom stereocenters. The van der Waals surface area contributed by atoms with Gasteiger partial charge in [0.25, 0.3) is 11.8 Å². The summed E-state index contributed by atoms with van der Waals surface area (Å²) in [5, 5.41) is 6.36. The average molecular weight is 400 g/mol. The second-order valence-electron chi connectivity index (χ2n) is 6.72. The molecule has 0 aliphatic heterocycles. The summed E-state index contributed by atoms with van der Waals surface area (Å²) in [5.74, 6) is -0.959. The van der Waals surface area contributed by atoms with E-state index < -0.39 is 12.3 Å². The summed E-state index contributed by atoms with van der Waals surface area (Å²) in [6.45, 7) is 7.26. The molecule has 0 fully saturated rings. The van der Waals surface area contributed by atoms with Gasteiger partial charge < -0.3 is 14.7 Å². The van der Waals surface area contributed by atoms with Crippen LogP contribution in [0.5, 0.6) is 0 Å². The van der Waals surface area contributed by atoms with Crippen LogP contribution in [0, 0.1) is 0 Å². The molecule has 0 unspecified atom stereocenters. The minimum absolute atomic E-state index is 0.0495. The number of benzene rings is 2. The summed E-state index contributed by atoms with van der Waals surface area (Å²) in [6.07, 6.45) is -2.82. The van der Waals surface area contributed by atoms with E-state index >= 15 is 0 Å². The van der Waals surface area contributed by atoms with Crippen molar-refractivity contribution in [3.05, 3.63) is 60.0 Å². The maximum Gasteiger partial charge on any atom is 0.315 e. The quantitative estimate of drug-likeness (QED) is 0.593. The van der Waals surface area contributed by atoms with Gasteiger partial charge in [-0.1, -0.05) is 17.3 Å². The lowest BCUT2D eigenvalue weighted by Gasteiger charge is -2.27. The Morgan fingerprint density at radius 1 is 1.10 bits per heavy atom. The zero-order valence-electron chi connectivity index (χ0n) is 16.4. The lowest BCUT2D eigenvalue weighted by atomic mass is 10.1. The van der Waals surface area contributed by atoms with Crippen molar-refractivity contribution in [1.29, 1.82) is 0 Å². The van der Waals surface area contributed by atoms with E-state index in [0.29, 0.717) is 22.9 Å². The number of aromatic nitrogens is 2. The number of nitrogens with zero attached hydrogens (tertiary/aromatic N) is 3. The van der Waals surface area contributed by atoms with Crippen molar-refractivity contribution in [2.75, 3.05) is 16.8 Å². The first-order valence-electron chi connectivity index (χ1n) is 9.29. The van der Waals surface area contributed by atoms with Crippen LogP contribution in [-0.4, -0.2) is 28.6 Å². The fourth-order valence-corrected chi connectivity index (χ4v) is 3.00. The molecule has 0 radical (unpaired) electrons. The number of rotatable bonds is 7. The molecule has 0 saturated heterocycles. The molecule has 8 heteroatoms. The first kappa shape index (κ1) is 20.4. The number of alkyl halides is 2. The van der Waals surface area contributed by atoms with E-state index in [0.717, 1.165) is 12.2 Å². The van der Waals surface area contributed by atoms with Crippen molar-refractivity contribution in [2.45, 2.75) is 33.2 Å². The molecular formula is C21H22F2N4O2. The molecule has 29 heavy (non-hydrogen) atoms. The van der Waals surface area contributed by atoms with Crippen molar-refractivity contribution in [2.24, 2.45) is 0 Å². The van der Waals surface area contributed by atoms with E-state index in [1.807, 2.05) is 24.3 Å². The molecule has 1 heterocycles. The fraction of sp³-hybridized carbons (Fsp3) is 0.286. The molecule has 1 amide bonds. The number of carbonyl (C=O) groups is 1. The van der Waals surface area contributed by atoms with Gasteiger partial charge in [-0.25, -0.2) is 0 Å². The Kier molecular flexibility index (Phi) is 6.21.